The largest absolute Gasteiger partial charge is 0.456 e. The molecule has 0 spiro atoms. The minimum absolute atomic E-state index is 0.0540. The summed E-state index contributed by atoms with van der Waals surface area (Å²) in [5.41, 5.74) is 1.20. The second kappa shape index (κ2) is 17.8. The van der Waals surface area contributed by atoms with Crippen molar-refractivity contribution >= 4 is 33.0 Å². The van der Waals surface area contributed by atoms with E-state index >= 15 is 0 Å². The van der Waals surface area contributed by atoms with Crippen LogP contribution in [0.1, 0.15) is 87.0 Å². The van der Waals surface area contributed by atoms with Gasteiger partial charge < -0.3 is 18.3 Å². The molecule has 2 aliphatic heterocycles. The van der Waals surface area contributed by atoms with Gasteiger partial charge >= 0.3 is 5.97 Å². The van der Waals surface area contributed by atoms with Crippen LogP contribution < -0.4 is 10.4 Å². The van der Waals surface area contributed by atoms with Gasteiger partial charge in [0.05, 0.1) is 24.9 Å². The quantitative estimate of drug-likeness (QED) is 0.162. The first-order chi connectivity index (χ1) is 24.0. The van der Waals surface area contributed by atoms with Crippen molar-refractivity contribution < 1.29 is 23.1 Å². The molecule has 0 aliphatic carbocycles. The number of rotatable bonds is 7. The molecule has 0 fully saturated rings. The molecule has 0 unspecified atom stereocenters. The highest BCUT2D eigenvalue weighted by molar-refractivity contribution is 6.99. The molecule has 0 saturated carbocycles. The van der Waals surface area contributed by atoms with Crippen LogP contribution in [0.25, 0.3) is 0 Å². The Balaban J connectivity index is 1.69. The van der Waals surface area contributed by atoms with Crippen LogP contribution in [0, 0.1) is 5.92 Å². The van der Waals surface area contributed by atoms with E-state index in [-0.39, 0.29) is 41.0 Å². The van der Waals surface area contributed by atoms with Gasteiger partial charge in [0, 0.05) is 12.5 Å². The zero-order chi connectivity index (χ0) is 37.3. The van der Waals surface area contributed by atoms with E-state index in [1.807, 2.05) is 18.2 Å². The Kier molecular flexibility index (Phi) is 14.3. The lowest BCUT2D eigenvalue weighted by molar-refractivity contribution is -0.144. The van der Waals surface area contributed by atoms with Gasteiger partial charge in [-0.25, -0.2) is 4.79 Å². The van der Waals surface area contributed by atoms with E-state index in [0.29, 0.717) is 18.8 Å². The topological polar surface area (TPSA) is 54.0 Å². The number of benzene rings is 2. The molecular weight excluding hydrogens is 665 g/mol. The van der Waals surface area contributed by atoms with E-state index in [4.69, 9.17) is 18.3 Å². The van der Waals surface area contributed by atoms with Gasteiger partial charge in [0.25, 0.3) is 8.32 Å². The molecule has 7 heteroatoms. The molecule has 2 aliphatic rings. The minimum atomic E-state index is -2.85. The van der Waals surface area contributed by atoms with Crippen LogP contribution in [0.2, 0.25) is 23.2 Å². The molecule has 0 aromatic heterocycles. The molecule has 4 rings (SSSR count). The molecule has 0 saturated heterocycles. The fourth-order valence-corrected chi connectivity index (χ4v) is 13.0. The predicted molar refractivity (Wildman–Crippen MR) is 218 cm³/mol. The van der Waals surface area contributed by atoms with Gasteiger partial charge in [0.1, 0.15) is 6.10 Å². The molecule has 278 valence electrons. The number of cyclic esters (lactones) is 1. The van der Waals surface area contributed by atoms with E-state index in [2.05, 4.69) is 141 Å². The monoisotopic (exact) mass is 728 g/mol. The molecule has 0 radical (unpaired) electrons. The van der Waals surface area contributed by atoms with E-state index in [1.165, 1.54) is 15.9 Å². The standard InChI is InChI=1S/C44H64O5Si2/c1-34-30-35(2)32-38(49-50(9,10)43(3,4)5)23-18-24-39(48-42(45)29-19-21-36-20-17-22-37(31-34)47-36)33-46-51(44(6,7)8,40-25-13-11-14-26-40)41-27-15-12-16-28-41/h11-20,23,25-29,34,36-39H,2,21-22,24,30-33H2,1,3-10H3/b23-18+,29-19+/t34-,36-,37-,38+,39-/m0/s1. The van der Waals surface area contributed by atoms with Gasteiger partial charge in [0.2, 0.25) is 0 Å². The summed E-state index contributed by atoms with van der Waals surface area (Å²) < 4.78 is 26.9. The molecule has 0 amide bonds. The van der Waals surface area contributed by atoms with Gasteiger partial charge in [-0.05, 0) is 71.6 Å². The molecular formula is C44H64O5Si2. The van der Waals surface area contributed by atoms with Gasteiger partial charge in [-0.15, -0.1) is 0 Å². The Bertz CT molecular complexity index is 1460. The van der Waals surface area contributed by atoms with Crippen molar-refractivity contribution in [1.29, 1.82) is 0 Å². The lowest BCUT2D eigenvalue weighted by Crippen LogP contribution is -2.67. The fourth-order valence-electron chi connectivity index (χ4n) is 7.13. The van der Waals surface area contributed by atoms with Gasteiger partial charge in [-0.2, -0.15) is 0 Å². The Labute approximate surface area is 311 Å². The number of esters is 1. The van der Waals surface area contributed by atoms with Gasteiger partial charge in [-0.3, -0.25) is 0 Å². The normalized spacial score (nSPS) is 26.1. The van der Waals surface area contributed by atoms with Crippen LogP contribution in [-0.4, -0.2) is 53.6 Å². The number of hydrogen-bond acceptors (Lipinski definition) is 5. The molecule has 0 N–H and O–H groups in total. The first-order valence-corrected chi connectivity index (χ1v) is 23.8. The molecule has 2 heterocycles. The van der Waals surface area contributed by atoms with Crippen molar-refractivity contribution in [1.82, 2.24) is 0 Å². The van der Waals surface area contributed by atoms with Crippen LogP contribution in [0.5, 0.6) is 0 Å². The zero-order valence-corrected chi connectivity index (χ0v) is 34.8. The Hall–Kier alpha value is -2.82. The smallest absolute Gasteiger partial charge is 0.330 e. The van der Waals surface area contributed by atoms with E-state index in [9.17, 15) is 4.79 Å². The highest BCUT2D eigenvalue weighted by Crippen LogP contribution is 2.39. The van der Waals surface area contributed by atoms with Crippen molar-refractivity contribution in [3.05, 3.63) is 109 Å². The SMILES string of the molecule is C=C1C[C@H](C)C[C@@H]2CC=C[C@@H](C/C=C/C(=O)O[C@H](CO[Si](c3ccccc3)(c3ccccc3)C(C)(C)C)C/C=C/[C@@H](O[Si](C)(C)C(C)(C)C)C1)O2. The van der Waals surface area contributed by atoms with E-state index in [1.54, 1.807) is 6.08 Å². The van der Waals surface area contributed by atoms with Crippen LogP contribution in [0.3, 0.4) is 0 Å². The zero-order valence-electron chi connectivity index (χ0n) is 32.8. The van der Waals surface area contributed by atoms with Crippen LogP contribution in [0.15, 0.2) is 109 Å². The molecule has 5 nitrogen and oxygen atoms in total. The maximum absolute atomic E-state index is 13.4. The third-order valence-corrected chi connectivity index (χ3v) is 20.2. The minimum Gasteiger partial charge on any atom is -0.456 e. The average molecular weight is 729 g/mol. The third-order valence-electron chi connectivity index (χ3n) is 10.7. The number of carbonyl (C=O) groups excluding carboxylic acids is 1. The Morgan fingerprint density at radius 2 is 1.41 bits per heavy atom. The lowest BCUT2D eigenvalue weighted by atomic mass is 9.91. The van der Waals surface area contributed by atoms with Crippen molar-refractivity contribution in [2.75, 3.05) is 6.61 Å². The highest BCUT2D eigenvalue weighted by atomic mass is 28.4. The summed E-state index contributed by atoms with van der Waals surface area (Å²) in [6.45, 7) is 25.3. The maximum Gasteiger partial charge on any atom is 0.330 e. The molecule has 5 atom stereocenters. The Morgan fingerprint density at radius 1 is 0.804 bits per heavy atom. The summed E-state index contributed by atoms with van der Waals surface area (Å²) in [4.78, 5) is 13.4. The van der Waals surface area contributed by atoms with Gasteiger partial charge in [-0.1, -0.05) is 152 Å². The maximum atomic E-state index is 13.4. The summed E-state index contributed by atoms with van der Waals surface area (Å²) in [7, 11) is -4.94. The van der Waals surface area contributed by atoms with Crippen molar-refractivity contribution in [2.45, 2.75) is 135 Å². The number of ether oxygens (including phenoxy) is 2. The summed E-state index contributed by atoms with van der Waals surface area (Å²) in [5, 5.41) is 2.26. The first-order valence-electron chi connectivity index (χ1n) is 19.0. The van der Waals surface area contributed by atoms with E-state index in [0.717, 1.165) is 25.7 Å². The molecule has 2 aromatic rings. The Morgan fingerprint density at radius 3 is 2.00 bits per heavy atom. The second-order valence-corrected chi connectivity index (χ2v) is 26.3. The predicted octanol–water partition coefficient (Wildman–Crippen LogP) is 9.85. The summed E-state index contributed by atoms with van der Waals surface area (Å²) >= 11 is 0. The molecule has 2 aromatic carbocycles. The third kappa shape index (κ3) is 11.3. The second-order valence-electron chi connectivity index (χ2n) is 17.2. The molecule has 51 heavy (non-hydrogen) atoms. The summed E-state index contributed by atoms with van der Waals surface area (Å²) in [6, 6.07) is 21.2. The van der Waals surface area contributed by atoms with E-state index < -0.39 is 22.7 Å². The fraction of sp³-hybridized carbons (Fsp3) is 0.523. The van der Waals surface area contributed by atoms with Crippen molar-refractivity contribution in [3.8, 4) is 0 Å². The molecule has 2 bridgehead atoms. The van der Waals surface area contributed by atoms with Crippen LogP contribution >= 0.6 is 0 Å². The van der Waals surface area contributed by atoms with Crippen molar-refractivity contribution in [2.24, 2.45) is 5.92 Å². The number of fused-ring (bicyclic) bond motifs is 2. The van der Waals surface area contributed by atoms with Gasteiger partial charge in [0.15, 0.2) is 8.32 Å². The van der Waals surface area contributed by atoms with Crippen molar-refractivity contribution in [3.63, 3.8) is 0 Å². The lowest BCUT2D eigenvalue weighted by Gasteiger charge is -2.43. The average Bonchev–Trinajstić information content (AvgIpc) is 3.04. The van der Waals surface area contributed by atoms with Crippen LogP contribution in [-0.2, 0) is 23.1 Å². The highest BCUT2D eigenvalue weighted by Gasteiger charge is 2.50. The number of hydrogen-bond donors (Lipinski definition) is 0. The number of carbonyl (C=O) groups is 1. The summed E-state index contributed by atoms with van der Waals surface area (Å²) in [6.07, 6.45) is 16.3. The summed E-state index contributed by atoms with van der Waals surface area (Å²) in [5.74, 6) is 0.0764. The first kappa shape index (κ1) is 40.9. The van der Waals surface area contributed by atoms with Crippen LogP contribution in [0.4, 0.5) is 0 Å².